The van der Waals surface area contributed by atoms with Crippen LogP contribution in [0.3, 0.4) is 0 Å². The van der Waals surface area contributed by atoms with E-state index in [9.17, 15) is 5.11 Å². The summed E-state index contributed by atoms with van der Waals surface area (Å²) in [7, 11) is 0. The third-order valence-corrected chi connectivity index (χ3v) is 2.36. The highest BCUT2D eigenvalue weighted by Gasteiger charge is 2.03. The Balaban J connectivity index is 2.50. The maximum Gasteiger partial charge on any atom is 0.132 e. The number of anilines is 2. The molecule has 1 aromatic heterocycles. The number of aryl methyl sites for hydroxylation is 1. The van der Waals surface area contributed by atoms with Gasteiger partial charge in [0.1, 0.15) is 17.5 Å². The highest BCUT2D eigenvalue weighted by atomic mass is 16.3. The van der Waals surface area contributed by atoms with Crippen LogP contribution in [0.4, 0.5) is 11.6 Å². The first kappa shape index (κ1) is 12.7. The summed E-state index contributed by atoms with van der Waals surface area (Å²) in [5.74, 6) is 1.94. The van der Waals surface area contributed by atoms with E-state index in [1.54, 1.807) is 6.07 Å². The molecule has 5 nitrogen and oxygen atoms in total. The van der Waals surface area contributed by atoms with Gasteiger partial charge in [0, 0.05) is 19.0 Å². The van der Waals surface area contributed by atoms with Crippen LogP contribution in [0.5, 0.6) is 0 Å². The molecule has 4 N–H and O–H groups in total. The van der Waals surface area contributed by atoms with Gasteiger partial charge in [-0.2, -0.15) is 0 Å². The molecule has 0 saturated heterocycles. The normalized spacial score (nSPS) is 12.4. The highest BCUT2D eigenvalue weighted by Crippen LogP contribution is 2.09. The molecule has 0 spiro atoms. The fourth-order valence-electron chi connectivity index (χ4n) is 1.34. The number of nitrogens with zero attached hydrogens (tertiary/aromatic N) is 2. The minimum absolute atomic E-state index is 0.252. The zero-order valence-corrected chi connectivity index (χ0v) is 9.90. The molecule has 0 bridgehead atoms. The van der Waals surface area contributed by atoms with Crippen LogP contribution in [0.25, 0.3) is 0 Å². The Hall–Kier alpha value is -1.36. The number of nitrogens with one attached hydrogen (secondary N) is 1. The molecule has 0 aliphatic carbocycles. The van der Waals surface area contributed by atoms with Crippen molar-refractivity contribution in [2.45, 2.75) is 39.2 Å². The lowest BCUT2D eigenvalue weighted by Crippen LogP contribution is -2.13. The van der Waals surface area contributed by atoms with E-state index in [1.807, 2.05) is 13.8 Å². The molecular weight excluding hydrogens is 204 g/mol. The molecule has 1 rings (SSSR count). The van der Waals surface area contributed by atoms with Crippen molar-refractivity contribution in [2.75, 3.05) is 17.6 Å². The third-order valence-electron chi connectivity index (χ3n) is 2.36. The van der Waals surface area contributed by atoms with Gasteiger partial charge in [0.2, 0.25) is 0 Å². The zero-order valence-electron chi connectivity index (χ0n) is 9.90. The molecule has 0 fully saturated rings. The highest BCUT2D eigenvalue weighted by molar-refractivity contribution is 5.44. The van der Waals surface area contributed by atoms with Crippen LogP contribution < -0.4 is 11.1 Å². The first-order valence-electron chi connectivity index (χ1n) is 5.71. The summed E-state index contributed by atoms with van der Waals surface area (Å²) in [5.41, 5.74) is 5.65. The van der Waals surface area contributed by atoms with Gasteiger partial charge in [-0.25, -0.2) is 9.97 Å². The second-order valence-corrected chi connectivity index (χ2v) is 3.73. The van der Waals surface area contributed by atoms with E-state index in [4.69, 9.17) is 5.73 Å². The van der Waals surface area contributed by atoms with E-state index in [2.05, 4.69) is 15.3 Å². The van der Waals surface area contributed by atoms with Crippen LogP contribution >= 0.6 is 0 Å². The van der Waals surface area contributed by atoms with Crippen LogP contribution in [0.2, 0.25) is 0 Å². The molecule has 16 heavy (non-hydrogen) atoms. The Kier molecular flexibility index (Phi) is 4.98. The smallest absolute Gasteiger partial charge is 0.132 e. The molecule has 1 atom stereocenters. The van der Waals surface area contributed by atoms with Crippen molar-refractivity contribution in [1.82, 2.24) is 9.97 Å². The lowest BCUT2D eigenvalue weighted by Gasteiger charge is -2.10. The summed E-state index contributed by atoms with van der Waals surface area (Å²) in [6.07, 6.45) is 1.99. The van der Waals surface area contributed by atoms with E-state index < -0.39 is 0 Å². The maximum atomic E-state index is 9.39. The first-order chi connectivity index (χ1) is 7.65. The van der Waals surface area contributed by atoms with Gasteiger partial charge in [-0.3, -0.25) is 0 Å². The Morgan fingerprint density at radius 1 is 1.44 bits per heavy atom. The Bertz CT molecular complexity index is 330. The number of hydrogen-bond acceptors (Lipinski definition) is 5. The predicted octanol–water partition coefficient (Wildman–Crippen LogP) is 1.19. The van der Waals surface area contributed by atoms with E-state index in [-0.39, 0.29) is 6.10 Å². The van der Waals surface area contributed by atoms with Crippen LogP contribution in [0.1, 0.15) is 32.5 Å². The molecule has 0 aromatic carbocycles. The maximum absolute atomic E-state index is 9.39. The summed E-state index contributed by atoms with van der Waals surface area (Å²) in [6.45, 7) is 4.64. The second kappa shape index (κ2) is 6.27. The van der Waals surface area contributed by atoms with Crippen molar-refractivity contribution in [3.8, 4) is 0 Å². The van der Waals surface area contributed by atoms with E-state index in [0.717, 1.165) is 24.5 Å². The number of aromatic nitrogens is 2. The summed E-state index contributed by atoms with van der Waals surface area (Å²) < 4.78 is 0. The standard InChI is InChI=1S/C11H20N4O/c1-3-8(16)5-6-13-11-7-9(12)14-10(4-2)15-11/h7-8,16H,3-6H2,1-2H3,(H3,12,13,14,15). The molecule has 1 aromatic rings. The summed E-state index contributed by atoms with van der Waals surface area (Å²) in [4.78, 5) is 8.38. The van der Waals surface area contributed by atoms with Crippen LogP contribution in [-0.2, 0) is 6.42 Å². The third kappa shape index (κ3) is 4.02. The number of nitrogens with two attached hydrogens (primary N) is 1. The van der Waals surface area contributed by atoms with E-state index in [1.165, 1.54) is 0 Å². The minimum atomic E-state index is -0.252. The van der Waals surface area contributed by atoms with Crippen molar-refractivity contribution in [3.63, 3.8) is 0 Å². The Morgan fingerprint density at radius 3 is 2.81 bits per heavy atom. The van der Waals surface area contributed by atoms with Gasteiger partial charge in [0.05, 0.1) is 6.10 Å². The van der Waals surface area contributed by atoms with Gasteiger partial charge in [-0.1, -0.05) is 13.8 Å². The molecule has 1 heterocycles. The Labute approximate surface area is 96.1 Å². The van der Waals surface area contributed by atoms with Gasteiger partial charge in [-0.05, 0) is 12.8 Å². The average Bonchev–Trinajstić information content (AvgIpc) is 2.28. The lowest BCUT2D eigenvalue weighted by atomic mass is 10.2. The number of aliphatic hydroxyl groups is 1. The van der Waals surface area contributed by atoms with Gasteiger partial charge in [0.15, 0.2) is 0 Å². The van der Waals surface area contributed by atoms with Crippen molar-refractivity contribution in [2.24, 2.45) is 0 Å². The van der Waals surface area contributed by atoms with Crippen LogP contribution in [0.15, 0.2) is 6.07 Å². The largest absolute Gasteiger partial charge is 0.393 e. The summed E-state index contributed by atoms with van der Waals surface area (Å²) in [6, 6.07) is 1.71. The molecule has 90 valence electrons. The number of rotatable bonds is 6. The van der Waals surface area contributed by atoms with Gasteiger partial charge < -0.3 is 16.2 Å². The van der Waals surface area contributed by atoms with Gasteiger partial charge in [0.25, 0.3) is 0 Å². The molecule has 0 aliphatic rings. The van der Waals surface area contributed by atoms with Crippen LogP contribution in [-0.4, -0.2) is 27.7 Å². The van der Waals surface area contributed by atoms with Crippen molar-refractivity contribution < 1.29 is 5.11 Å². The van der Waals surface area contributed by atoms with Crippen molar-refractivity contribution >= 4 is 11.6 Å². The minimum Gasteiger partial charge on any atom is -0.393 e. The predicted molar refractivity (Wildman–Crippen MR) is 65.2 cm³/mol. The van der Waals surface area contributed by atoms with E-state index in [0.29, 0.717) is 18.8 Å². The zero-order chi connectivity index (χ0) is 12.0. The van der Waals surface area contributed by atoms with Crippen LogP contribution in [0, 0.1) is 0 Å². The quantitative estimate of drug-likeness (QED) is 0.676. The second-order valence-electron chi connectivity index (χ2n) is 3.73. The van der Waals surface area contributed by atoms with Gasteiger partial charge in [-0.15, -0.1) is 0 Å². The molecule has 0 aliphatic heterocycles. The topological polar surface area (TPSA) is 84.1 Å². The van der Waals surface area contributed by atoms with Crippen molar-refractivity contribution in [3.05, 3.63) is 11.9 Å². The van der Waals surface area contributed by atoms with Gasteiger partial charge >= 0.3 is 0 Å². The van der Waals surface area contributed by atoms with E-state index >= 15 is 0 Å². The average molecular weight is 224 g/mol. The molecule has 5 heteroatoms. The molecule has 1 unspecified atom stereocenters. The fourth-order valence-corrected chi connectivity index (χ4v) is 1.34. The van der Waals surface area contributed by atoms with Crippen molar-refractivity contribution in [1.29, 1.82) is 0 Å². The molecule has 0 amide bonds. The summed E-state index contributed by atoms with van der Waals surface area (Å²) >= 11 is 0. The molecular formula is C11H20N4O. The lowest BCUT2D eigenvalue weighted by molar-refractivity contribution is 0.164. The first-order valence-corrected chi connectivity index (χ1v) is 5.71. The fraction of sp³-hybridized carbons (Fsp3) is 0.636. The number of aliphatic hydroxyl groups excluding tert-OH is 1. The summed E-state index contributed by atoms with van der Waals surface area (Å²) in [5, 5.41) is 12.5. The molecule has 0 saturated carbocycles. The Morgan fingerprint density at radius 2 is 2.19 bits per heavy atom. The molecule has 0 radical (unpaired) electrons. The number of nitrogen functional groups attached to an aromatic ring is 1. The monoisotopic (exact) mass is 224 g/mol. The SMILES string of the molecule is CCc1nc(N)cc(NCCC(O)CC)n1. The number of hydrogen-bond donors (Lipinski definition) is 3.